The topological polar surface area (TPSA) is 33.5 Å². The van der Waals surface area contributed by atoms with Crippen LogP contribution in [0.1, 0.15) is 16.7 Å². The fourth-order valence-corrected chi connectivity index (χ4v) is 2.40. The van der Waals surface area contributed by atoms with Crippen molar-refractivity contribution in [1.29, 1.82) is 0 Å². The molecule has 3 nitrogen and oxygen atoms in total. The number of aryl methyl sites for hydroxylation is 2. The molecule has 1 atom stereocenters. The highest BCUT2D eigenvalue weighted by Gasteiger charge is 2.11. The van der Waals surface area contributed by atoms with Gasteiger partial charge in [0, 0.05) is 11.3 Å². The molecule has 0 aromatic heterocycles. The summed E-state index contributed by atoms with van der Waals surface area (Å²) in [7, 11) is 2.04. The van der Waals surface area contributed by atoms with E-state index in [1.807, 2.05) is 50.4 Å². The SMILES string of the molecule is Cc1cccc(NC(=O)C[NH+](C)Cc2ccccc2C)c1. The molecule has 1 unspecified atom stereocenters. The number of amides is 1. The van der Waals surface area contributed by atoms with Gasteiger partial charge in [0.05, 0.1) is 7.05 Å². The number of likely N-dealkylation sites (N-methyl/N-ethyl adjacent to an activating group) is 1. The first-order valence-electron chi connectivity index (χ1n) is 7.27. The second-order valence-corrected chi connectivity index (χ2v) is 5.65. The Labute approximate surface area is 126 Å². The van der Waals surface area contributed by atoms with Gasteiger partial charge in [0.15, 0.2) is 6.54 Å². The second-order valence-electron chi connectivity index (χ2n) is 5.65. The Morgan fingerprint density at radius 3 is 2.57 bits per heavy atom. The van der Waals surface area contributed by atoms with E-state index in [9.17, 15) is 4.79 Å². The molecule has 0 heterocycles. The average molecular weight is 283 g/mol. The monoisotopic (exact) mass is 283 g/mol. The Morgan fingerprint density at radius 2 is 1.86 bits per heavy atom. The highest BCUT2D eigenvalue weighted by Crippen LogP contribution is 2.09. The van der Waals surface area contributed by atoms with Crippen LogP contribution in [0.15, 0.2) is 48.5 Å². The maximum atomic E-state index is 12.1. The molecule has 2 N–H and O–H groups in total. The number of hydrogen-bond donors (Lipinski definition) is 2. The van der Waals surface area contributed by atoms with E-state index < -0.39 is 0 Å². The molecule has 2 aromatic carbocycles. The van der Waals surface area contributed by atoms with E-state index in [1.165, 1.54) is 16.0 Å². The van der Waals surface area contributed by atoms with Crippen LogP contribution in [0.2, 0.25) is 0 Å². The highest BCUT2D eigenvalue weighted by molar-refractivity contribution is 5.91. The summed E-state index contributed by atoms with van der Waals surface area (Å²) < 4.78 is 0. The van der Waals surface area contributed by atoms with Gasteiger partial charge in [-0.2, -0.15) is 0 Å². The molecule has 2 rings (SSSR count). The molecular formula is C18H23N2O+. The third kappa shape index (κ3) is 4.72. The average Bonchev–Trinajstić information content (AvgIpc) is 2.41. The van der Waals surface area contributed by atoms with Crippen LogP contribution in [-0.2, 0) is 11.3 Å². The van der Waals surface area contributed by atoms with Gasteiger partial charge in [0.1, 0.15) is 6.54 Å². The van der Waals surface area contributed by atoms with Gasteiger partial charge in [-0.05, 0) is 37.1 Å². The quantitative estimate of drug-likeness (QED) is 0.864. The zero-order chi connectivity index (χ0) is 15.2. The van der Waals surface area contributed by atoms with Crippen molar-refractivity contribution in [2.75, 3.05) is 18.9 Å². The molecule has 0 saturated heterocycles. The van der Waals surface area contributed by atoms with Crippen LogP contribution in [0.25, 0.3) is 0 Å². The van der Waals surface area contributed by atoms with Crippen molar-refractivity contribution >= 4 is 11.6 Å². The smallest absolute Gasteiger partial charge is 0.279 e. The predicted molar refractivity (Wildman–Crippen MR) is 86.4 cm³/mol. The lowest BCUT2D eigenvalue weighted by Crippen LogP contribution is -3.08. The molecule has 1 amide bonds. The zero-order valence-electron chi connectivity index (χ0n) is 12.9. The number of quaternary nitrogens is 1. The van der Waals surface area contributed by atoms with Crippen LogP contribution < -0.4 is 10.2 Å². The second kappa shape index (κ2) is 7.04. The van der Waals surface area contributed by atoms with Crippen molar-refractivity contribution in [1.82, 2.24) is 0 Å². The van der Waals surface area contributed by atoms with Crippen molar-refractivity contribution in [3.63, 3.8) is 0 Å². The standard InChI is InChI=1S/C18H22N2O/c1-14-7-6-10-17(11-14)19-18(21)13-20(3)12-16-9-5-4-8-15(16)2/h4-11H,12-13H2,1-3H3,(H,19,21)/p+1. The van der Waals surface area contributed by atoms with Crippen molar-refractivity contribution in [3.05, 3.63) is 65.2 Å². The maximum absolute atomic E-state index is 12.1. The van der Waals surface area contributed by atoms with Gasteiger partial charge in [-0.15, -0.1) is 0 Å². The van der Waals surface area contributed by atoms with Crippen LogP contribution in [0, 0.1) is 13.8 Å². The number of nitrogens with one attached hydrogen (secondary N) is 2. The minimum atomic E-state index is 0.0479. The fourth-order valence-electron chi connectivity index (χ4n) is 2.40. The first-order chi connectivity index (χ1) is 10.0. The first kappa shape index (κ1) is 15.3. The van der Waals surface area contributed by atoms with E-state index in [-0.39, 0.29) is 5.91 Å². The van der Waals surface area contributed by atoms with Crippen LogP contribution in [-0.4, -0.2) is 19.5 Å². The lowest BCUT2D eigenvalue weighted by atomic mass is 10.1. The van der Waals surface area contributed by atoms with Gasteiger partial charge in [0.2, 0.25) is 0 Å². The van der Waals surface area contributed by atoms with Crippen LogP contribution in [0.5, 0.6) is 0 Å². The van der Waals surface area contributed by atoms with E-state index in [4.69, 9.17) is 0 Å². The Hall–Kier alpha value is -2.13. The van der Waals surface area contributed by atoms with Gasteiger partial charge in [0.25, 0.3) is 5.91 Å². The van der Waals surface area contributed by atoms with Gasteiger partial charge in [-0.1, -0.05) is 36.4 Å². The Kier molecular flexibility index (Phi) is 5.12. The van der Waals surface area contributed by atoms with Gasteiger partial charge in [-0.25, -0.2) is 0 Å². The number of anilines is 1. The minimum absolute atomic E-state index is 0.0479. The van der Waals surface area contributed by atoms with Gasteiger partial charge < -0.3 is 10.2 Å². The van der Waals surface area contributed by atoms with E-state index in [2.05, 4.69) is 24.4 Å². The van der Waals surface area contributed by atoms with Gasteiger partial charge in [-0.3, -0.25) is 4.79 Å². The molecule has 0 aliphatic carbocycles. The predicted octanol–water partition coefficient (Wildman–Crippen LogP) is 1.96. The molecule has 3 heteroatoms. The molecular weight excluding hydrogens is 260 g/mol. The molecule has 0 spiro atoms. The fraction of sp³-hybridized carbons (Fsp3) is 0.278. The summed E-state index contributed by atoms with van der Waals surface area (Å²) >= 11 is 0. The minimum Gasteiger partial charge on any atom is -0.326 e. The van der Waals surface area contributed by atoms with Crippen molar-refractivity contribution in [3.8, 4) is 0 Å². The number of hydrogen-bond acceptors (Lipinski definition) is 1. The van der Waals surface area contributed by atoms with Crippen molar-refractivity contribution in [2.45, 2.75) is 20.4 Å². The molecule has 0 radical (unpaired) electrons. The summed E-state index contributed by atoms with van der Waals surface area (Å²) in [5.41, 5.74) is 4.58. The zero-order valence-corrected chi connectivity index (χ0v) is 12.9. The number of rotatable bonds is 5. The molecule has 2 aromatic rings. The number of carbonyl (C=O) groups is 1. The summed E-state index contributed by atoms with van der Waals surface area (Å²) in [5, 5.41) is 2.95. The van der Waals surface area contributed by atoms with Crippen LogP contribution in [0.3, 0.4) is 0 Å². The van der Waals surface area contributed by atoms with Gasteiger partial charge >= 0.3 is 0 Å². The van der Waals surface area contributed by atoms with E-state index >= 15 is 0 Å². The molecule has 0 bridgehead atoms. The number of benzene rings is 2. The Morgan fingerprint density at radius 1 is 1.10 bits per heavy atom. The van der Waals surface area contributed by atoms with E-state index in [0.717, 1.165) is 17.8 Å². The lowest BCUT2D eigenvalue weighted by Gasteiger charge is -2.15. The summed E-state index contributed by atoms with van der Waals surface area (Å²) in [6, 6.07) is 16.2. The van der Waals surface area contributed by atoms with Crippen LogP contribution >= 0.6 is 0 Å². The molecule has 0 aliphatic rings. The summed E-state index contributed by atoms with van der Waals surface area (Å²) in [6.07, 6.45) is 0. The molecule has 21 heavy (non-hydrogen) atoms. The van der Waals surface area contributed by atoms with E-state index in [0.29, 0.717) is 6.54 Å². The third-order valence-corrected chi connectivity index (χ3v) is 3.52. The summed E-state index contributed by atoms with van der Waals surface area (Å²) in [6.45, 7) is 5.44. The summed E-state index contributed by atoms with van der Waals surface area (Å²) in [5.74, 6) is 0.0479. The largest absolute Gasteiger partial charge is 0.326 e. The first-order valence-corrected chi connectivity index (χ1v) is 7.27. The Balaban J connectivity index is 1.89. The number of carbonyl (C=O) groups excluding carboxylic acids is 1. The summed E-state index contributed by atoms with van der Waals surface area (Å²) in [4.78, 5) is 13.3. The maximum Gasteiger partial charge on any atom is 0.279 e. The molecule has 0 saturated carbocycles. The highest BCUT2D eigenvalue weighted by atomic mass is 16.2. The third-order valence-electron chi connectivity index (χ3n) is 3.52. The molecule has 0 fully saturated rings. The molecule has 0 aliphatic heterocycles. The normalized spacial score (nSPS) is 12.0. The molecule has 110 valence electrons. The Bertz CT molecular complexity index is 622. The van der Waals surface area contributed by atoms with Crippen molar-refractivity contribution in [2.24, 2.45) is 0 Å². The van der Waals surface area contributed by atoms with Crippen LogP contribution in [0.4, 0.5) is 5.69 Å². The van der Waals surface area contributed by atoms with E-state index in [1.54, 1.807) is 0 Å². The van der Waals surface area contributed by atoms with Crippen molar-refractivity contribution < 1.29 is 9.69 Å². The lowest BCUT2D eigenvalue weighted by molar-refractivity contribution is -0.885.